The summed E-state index contributed by atoms with van der Waals surface area (Å²) in [5.41, 5.74) is 1.90. The number of Topliss-reactive ketones (excluding diaryl/α,β-unsaturated/α-hetero) is 1. The lowest BCUT2D eigenvalue weighted by Gasteiger charge is -2.41. The number of fused-ring (bicyclic) bond motifs is 1. The average Bonchev–Trinajstić information content (AvgIpc) is 3.16. The first-order valence-electron chi connectivity index (χ1n) is 17.6. The van der Waals surface area contributed by atoms with Gasteiger partial charge in [-0.15, -0.1) is 0 Å². The molecule has 14 nitrogen and oxygen atoms in total. The number of carbonyl (C=O) groups is 4. The van der Waals surface area contributed by atoms with Gasteiger partial charge in [0.2, 0.25) is 5.91 Å². The summed E-state index contributed by atoms with van der Waals surface area (Å²) in [6, 6.07) is 7.19. The molecule has 3 aromatic carbocycles. The van der Waals surface area contributed by atoms with Gasteiger partial charge in [0.05, 0.1) is 79.6 Å². The van der Waals surface area contributed by atoms with Gasteiger partial charge in [-0.2, -0.15) is 0 Å². The fraction of sp³-hybridized carbons (Fsp3) is 0.463. The van der Waals surface area contributed by atoms with Gasteiger partial charge in [0.1, 0.15) is 23.1 Å². The highest BCUT2D eigenvalue weighted by molar-refractivity contribution is 6.07. The first-order chi connectivity index (χ1) is 26.1. The molecule has 2 atom stereocenters. The van der Waals surface area contributed by atoms with Gasteiger partial charge < -0.3 is 42.8 Å². The smallest absolute Gasteiger partial charge is 0.410 e. The zero-order valence-corrected chi connectivity index (χ0v) is 33.7. The second kappa shape index (κ2) is 17.8. The van der Waals surface area contributed by atoms with Crippen LogP contribution in [0.25, 0.3) is 0 Å². The van der Waals surface area contributed by atoms with Crippen LogP contribution in [0.5, 0.6) is 34.5 Å². The van der Waals surface area contributed by atoms with Gasteiger partial charge in [0.15, 0.2) is 35.1 Å². The largest absolute Gasteiger partial charge is 0.496 e. The number of rotatable bonds is 15. The van der Waals surface area contributed by atoms with Gasteiger partial charge in [0, 0.05) is 35.7 Å². The molecule has 0 N–H and O–H groups in total. The molecule has 4 rings (SSSR count). The third-order valence-electron chi connectivity index (χ3n) is 9.51. The van der Waals surface area contributed by atoms with Crippen molar-refractivity contribution in [2.45, 2.75) is 65.3 Å². The quantitative estimate of drug-likeness (QED) is 0.169. The lowest BCUT2D eigenvalue weighted by Crippen LogP contribution is -2.55. The Morgan fingerprint density at radius 3 is 1.91 bits per heavy atom. The summed E-state index contributed by atoms with van der Waals surface area (Å²) in [7, 11) is 10.1. The maximum atomic E-state index is 15.3. The molecule has 0 aliphatic carbocycles. The van der Waals surface area contributed by atoms with Crippen molar-refractivity contribution >= 4 is 24.1 Å². The molecule has 0 saturated carbocycles. The van der Waals surface area contributed by atoms with Crippen molar-refractivity contribution in [1.82, 2.24) is 9.80 Å². The SMILES string of the molecule is COc1c(C)c(OC)c(OC)c(C=O)c1C[C@@H](C(=O)N1CC(=O)c2c(OC)c(C)c(OC)c(OC)c2[C@@H]1COCc1ccccc1)N(C)C(=O)OC(C)(C)C. The topological polar surface area (TPSA) is 149 Å². The number of ketones is 1. The van der Waals surface area contributed by atoms with E-state index < -0.39 is 42.0 Å². The third-order valence-corrected chi connectivity index (χ3v) is 9.51. The molecule has 14 heteroatoms. The Kier molecular flexibility index (Phi) is 13.6. The fourth-order valence-electron chi connectivity index (χ4n) is 7.05. The van der Waals surface area contributed by atoms with E-state index in [-0.39, 0.29) is 65.1 Å². The van der Waals surface area contributed by atoms with E-state index in [4.69, 9.17) is 37.9 Å². The van der Waals surface area contributed by atoms with Gasteiger partial charge in [-0.3, -0.25) is 19.3 Å². The second-order valence-corrected chi connectivity index (χ2v) is 14.0. The van der Waals surface area contributed by atoms with Crippen molar-refractivity contribution in [3.05, 3.63) is 69.3 Å². The lowest BCUT2D eigenvalue weighted by molar-refractivity contribution is -0.140. The summed E-state index contributed by atoms with van der Waals surface area (Å²) < 4.78 is 46.5. The van der Waals surface area contributed by atoms with Crippen molar-refractivity contribution in [2.75, 3.05) is 62.9 Å². The van der Waals surface area contributed by atoms with Crippen molar-refractivity contribution < 1.29 is 57.1 Å². The number of carbonyl (C=O) groups excluding carboxylic acids is 4. The molecule has 1 heterocycles. The van der Waals surface area contributed by atoms with E-state index in [0.29, 0.717) is 28.7 Å². The van der Waals surface area contributed by atoms with Crippen LogP contribution in [0.3, 0.4) is 0 Å². The summed E-state index contributed by atoms with van der Waals surface area (Å²) in [5.74, 6) is 0.399. The van der Waals surface area contributed by atoms with Gasteiger partial charge in [-0.05, 0) is 40.2 Å². The second-order valence-electron chi connectivity index (χ2n) is 14.0. The number of benzene rings is 3. The van der Waals surface area contributed by atoms with Crippen molar-refractivity contribution in [2.24, 2.45) is 0 Å². The zero-order valence-electron chi connectivity index (χ0n) is 33.7. The molecule has 298 valence electrons. The molecule has 1 aliphatic heterocycles. The highest BCUT2D eigenvalue weighted by Gasteiger charge is 2.45. The first-order valence-corrected chi connectivity index (χ1v) is 17.6. The number of amides is 2. The van der Waals surface area contributed by atoms with E-state index in [1.54, 1.807) is 34.6 Å². The number of nitrogens with zero attached hydrogens (tertiary/aromatic N) is 2. The van der Waals surface area contributed by atoms with Gasteiger partial charge in [-0.25, -0.2) is 4.79 Å². The molecule has 0 aromatic heterocycles. The van der Waals surface area contributed by atoms with Crippen LogP contribution in [0.2, 0.25) is 0 Å². The van der Waals surface area contributed by atoms with Crippen LogP contribution in [0.4, 0.5) is 4.79 Å². The maximum Gasteiger partial charge on any atom is 0.410 e. The normalized spacial score (nSPS) is 14.4. The molecular weight excluding hydrogens is 712 g/mol. The molecule has 0 unspecified atom stereocenters. The van der Waals surface area contributed by atoms with Crippen LogP contribution in [-0.4, -0.2) is 108 Å². The van der Waals surface area contributed by atoms with Crippen LogP contribution in [-0.2, 0) is 27.3 Å². The summed E-state index contributed by atoms with van der Waals surface area (Å²) in [6.07, 6.45) is -0.480. The standard InChI is InChI=1S/C41H52N2O12/c1-23-33(48-7)26(27(20-44)37(52-11)35(23)50-9)18-28(42(6)40(47)55-41(3,4)5)39(46)43-19-30(45)32-31(29(43)22-54-21-25-16-14-13-15-17-25)38(53-12)36(51-10)24(2)34(32)49-8/h13-17,20,28-29H,18-19,21-22H2,1-12H3/t28-,29-/m0/s1. The predicted octanol–water partition coefficient (Wildman–Crippen LogP) is 5.93. The van der Waals surface area contributed by atoms with E-state index in [0.717, 1.165) is 10.5 Å². The van der Waals surface area contributed by atoms with Gasteiger partial charge >= 0.3 is 6.09 Å². The van der Waals surface area contributed by atoms with Gasteiger partial charge in [-0.1, -0.05) is 30.3 Å². The molecule has 0 spiro atoms. The Morgan fingerprint density at radius 2 is 1.38 bits per heavy atom. The summed E-state index contributed by atoms with van der Waals surface area (Å²) in [4.78, 5) is 58.7. The van der Waals surface area contributed by atoms with E-state index in [1.807, 2.05) is 30.3 Å². The molecular formula is C41H52N2O12. The number of hydrogen-bond acceptors (Lipinski definition) is 12. The van der Waals surface area contributed by atoms with Crippen molar-refractivity contribution in [1.29, 1.82) is 0 Å². The fourth-order valence-corrected chi connectivity index (χ4v) is 7.05. The number of hydrogen-bond donors (Lipinski definition) is 0. The van der Waals surface area contributed by atoms with Crippen LogP contribution in [0.1, 0.15) is 75.3 Å². The Balaban J connectivity index is 1.98. The van der Waals surface area contributed by atoms with Crippen molar-refractivity contribution in [3.8, 4) is 34.5 Å². The highest BCUT2D eigenvalue weighted by atomic mass is 16.6. The minimum atomic E-state index is -1.36. The maximum absolute atomic E-state index is 15.3. The number of aldehydes is 1. The van der Waals surface area contributed by atoms with Crippen molar-refractivity contribution in [3.63, 3.8) is 0 Å². The predicted molar refractivity (Wildman–Crippen MR) is 203 cm³/mol. The summed E-state index contributed by atoms with van der Waals surface area (Å²) >= 11 is 0. The minimum Gasteiger partial charge on any atom is -0.496 e. The summed E-state index contributed by atoms with van der Waals surface area (Å²) in [6.45, 7) is 8.29. The van der Waals surface area contributed by atoms with Crippen LogP contribution in [0.15, 0.2) is 30.3 Å². The average molecular weight is 765 g/mol. The van der Waals surface area contributed by atoms with E-state index in [9.17, 15) is 14.4 Å². The summed E-state index contributed by atoms with van der Waals surface area (Å²) in [5, 5.41) is 0. The Labute approximate surface area is 322 Å². The number of likely N-dealkylation sites (N-methyl/N-ethyl adjacent to an activating group) is 1. The Hall–Kier alpha value is -5.50. The Morgan fingerprint density at radius 1 is 0.836 bits per heavy atom. The van der Waals surface area contributed by atoms with E-state index >= 15 is 4.79 Å². The molecule has 2 amide bonds. The highest BCUT2D eigenvalue weighted by Crippen LogP contribution is 2.50. The van der Waals surface area contributed by atoms with Gasteiger partial charge in [0.25, 0.3) is 0 Å². The molecule has 1 aliphatic rings. The number of ether oxygens (including phenoxy) is 8. The minimum absolute atomic E-state index is 0.0617. The number of methoxy groups -OCH3 is 6. The zero-order chi connectivity index (χ0) is 40.8. The lowest BCUT2D eigenvalue weighted by atomic mass is 9.86. The molecule has 55 heavy (non-hydrogen) atoms. The van der Waals surface area contributed by atoms with Crippen LogP contribution >= 0.6 is 0 Å². The monoisotopic (exact) mass is 764 g/mol. The molecule has 3 aromatic rings. The molecule has 0 bridgehead atoms. The third kappa shape index (κ3) is 8.44. The van der Waals surface area contributed by atoms with E-state index in [1.165, 1.54) is 54.6 Å². The molecule has 0 radical (unpaired) electrons. The Bertz CT molecular complexity index is 1900. The van der Waals surface area contributed by atoms with Crippen LogP contribution < -0.4 is 28.4 Å². The molecule has 0 saturated heterocycles. The van der Waals surface area contributed by atoms with E-state index in [2.05, 4.69) is 0 Å². The van der Waals surface area contributed by atoms with Crippen LogP contribution in [0, 0.1) is 13.8 Å². The first kappa shape index (κ1) is 42.2. The molecule has 0 fully saturated rings.